The highest BCUT2D eigenvalue weighted by atomic mass is 16.5. The summed E-state index contributed by atoms with van der Waals surface area (Å²) in [7, 11) is 5.54. The van der Waals surface area contributed by atoms with E-state index in [9.17, 15) is 9.59 Å². The van der Waals surface area contributed by atoms with Crippen LogP contribution >= 0.6 is 0 Å². The highest BCUT2D eigenvalue weighted by Crippen LogP contribution is 2.39. The maximum atomic E-state index is 13.6. The van der Waals surface area contributed by atoms with E-state index in [2.05, 4.69) is 4.90 Å². The molecular weight excluding hydrogens is 420 g/mol. The van der Waals surface area contributed by atoms with Crippen molar-refractivity contribution in [1.29, 1.82) is 0 Å². The van der Waals surface area contributed by atoms with Gasteiger partial charge >= 0.3 is 0 Å². The van der Waals surface area contributed by atoms with Gasteiger partial charge in [0.1, 0.15) is 17.1 Å². The minimum atomic E-state index is -0.509. The lowest BCUT2D eigenvalue weighted by Crippen LogP contribution is -2.32. The Morgan fingerprint density at radius 1 is 1.06 bits per heavy atom. The molecule has 174 valence electrons. The van der Waals surface area contributed by atoms with Gasteiger partial charge in [-0.3, -0.25) is 9.59 Å². The van der Waals surface area contributed by atoms with E-state index in [1.165, 1.54) is 0 Å². The first-order valence-corrected chi connectivity index (χ1v) is 11.2. The third kappa shape index (κ3) is 4.46. The summed E-state index contributed by atoms with van der Waals surface area (Å²) in [4.78, 5) is 30.8. The molecule has 0 N–H and O–H groups in total. The Kier molecular flexibility index (Phi) is 6.42. The second-order valence-electron chi connectivity index (χ2n) is 8.83. The van der Waals surface area contributed by atoms with Crippen molar-refractivity contribution in [3.05, 3.63) is 69.6 Å². The molecule has 7 nitrogen and oxygen atoms in total. The number of amides is 1. The molecule has 1 aliphatic rings. The topological polar surface area (TPSA) is 72.2 Å². The number of fused-ring (bicyclic) bond motifs is 2. The Morgan fingerprint density at radius 3 is 2.39 bits per heavy atom. The van der Waals surface area contributed by atoms with Gasteiger partial charge < -0.3 is 23.7 Å². The molecule has 0 bridgehead atoms. The van der Waals surface area contributed by atoms with Gasteiger partial charge in [0.25, 0.3) is 5.91 Å². The number of hydrogen-bond acceptors (Lipinski definition) is 6. The summed E-state index contributed by atoms with van der Waals surface area (Å²) in [5.74, 6) is 1.16. The Bertz CT molecular complexity index is 1210. The van der Waals surface area contributed by atoms with Gasteiger partial charge in [-0.2, -0.15) is 0 Å². The summed E-state index contributed by atoms with van der Waals surface area (Å²) in [6, 6.07) is 12.1. The van der Waals surface area contributed by atoms with Crippen molar-refractivity contribution in [2.75, 3.05) is 34.3 Å². The van der Waals surface area contributed by atoms with Gasteiger partial charge in [0.05, 0.1) is 30.2 Å². The average Bonchev–Trinajstić information content (AvgIpc) is 3.05. The van der Waals surface area contributed by atoms with Crippen LogP contribution < -0.4 is 14.9 Å². The summed E-state index contributed by atoms with van der Waals surface area (Å²) in [6.07, 6.45) is 0.835. The van der Waals surface area contributed by atoms with Crippen LogP contribution in [-0.2, 0) is 0 Å². The summed E-state index contributed by atoms with van der Waals surface area (Å²) in [6.45, 7) is 5.28. The fourth-order valence-electron chi connectivity index (χ4n) is 4.26. The molecule has 1 aliphatic heterocycles. The molecule has 2 heterocycles. The van der Waals surface area contributed by atoms with Gasteiger partial charge in [-0.25, -0.2) is 0 Å². The summed E-state index contributed by atoms with van der Waals surface area (Å²) < 4.78 is 17.0. The Morgan fingerprint density at radius 2 is 1.76 bits per heavy atom. The maximum absolute atomic E-state index is 13.6. The van der Waals surface area contributed by atoms with Crippen LogP contribution in [0, 0.1) is 0 Å². The molecule has 2 aromatic carbocycles. The third-order valence-corrected chi connectivity index (χ3v) is 5.75. The van der Waals surface area contributed by atoms with Gasteiger partial charge in [-0.15, -0.1) is 0 Å². The molecule has 0 saturated carbocycles. The number of carbonyl (C=O) groups excluding carboxylic acids is 1. The third-order valence-electron chi connectivity index (χ3n) is 5.75. The van der Waals surface area contributed by atoms with Crippen molar-refractivity contribution in [2.45, 2.75) is 32.4 Å². The summed E-state index contributed by atoms with van der Waals surface area (Å²) >= 11 is 0. The van der Waals surface area contributed by atoms with Crippen LogP contribution in [0.4, 0.5) is 0 Å². The van der Waals surface area contributed by atoms with Crippen LogP contribution in [0.2, 0.25) is 0 Å². The normalized spacial score (nSPS) is 15.5. The maximum Gasteiger partial charge on any atom is 0.290 e. The highest BCUT2D eigenvalue weighted by molar-refractivity contribution is 5.99. The van der Waals surface area contributed by atoms with E-state index in [1.54, 1.807) is 30.2 Å². The number of hydrogen-bond donors (Lipinski definition) is 0. The molecule has 0 spiro atoms. The second kappa shape index (κ2) is 9.27. The number of carbonyl (C=O) groups is 1. The van der Waals surface area contributed by atoms with Crippen molar-refractivity contribution in [1.82, 2.24) is 9.80 Å². The highest BCUT2D eigenvalue weighted by Gasteiger charge is 2.42. The van der Waals surface area contributed by atoms with Gasteiger partial charge in [0.2, 0.25) is 5.76 Å². The van der Waals surface area contributed by atoms with Crippen molar-refractivity contribution >= 4 is 16.9 Å². The van der Waals surface area contributed by atoms with Crippen molar-refractivity contribution < 1.29 is 18.7 Å². The van der Waals surface area contributed by atoms with Gasteiger partial charge in [-0.1, -0.05) is 12.1 Å². The van der Waals surface area contributed by atoms with E-state index >= 15 is 0 Å². The molecule has 0 fully saturated rings. The fraction of sp³-hybridized carbons (Fsp3) is 0.385. The van der Waals surface area contributed by atoms with Gasteiger partial charge in [0.15, 0.2) is 5.43 Å². The van der Waals surface area contributed by atoms with Crippen LogP contribution in [0.15, 0.2) is 51.7 Å². The van der Waals surface area contributed by atoms with E-state index in [0.29, 0.717) is 28.8 Å². The molecule has 0 saturated heterocycles. The van der Waals surface area contributed by atoms with E-state index in [0.717, 1.165) is 24.3 Å². The number of nitrogens with zero attached hydrogens (tertiary/aromatic N) is 2. The molecule has 0 radical (unpaired) electrons. The molecule has 1 aromatic heterocycles. The Hall–Kier alpha value is -3.32. The molecule has 1 atom stereocenters. The van der Waals surface area contributed by atoms with Crippen LogP contribution in [0.25, 0.3) is 11.0 Å². The summed E-state index contributed by atoms with van der Waals surface area (Å²) in [5.41, 5.74) is 1.40. The molecular formula is C26H30N2O5. The van der Waals surface area contributed by atoms with Crippen LogP contribution in [0.3, 0.4) is 0 Å². The predicted molar refractivity (Wildman–Crippen MR) is 127 cm³/mol. The number of ether oxygens (including phenoxy) is 2. The van der Waals surface area contributed by atoms with Crippen molar-refractivity contribution in [2.24, 2.45) is 0 Å². The molecule has 1 amide bonds. The molecule has 7 heteroatoms. The van der Waals surface area contributed by atoms with E-state index in [4.69, 9.17) is 13.9 Å². The molecule has 0 unspecified atom stereocenters. The lowest BCUT2D eigenvalue weighted by Gasteiger charge is -2.26. The van der Waals surface area contributed by atoms with Gasteiger partial charge in [0, 0.05) is 12.6 Å². The quantitative estimate of drug-likeness (QED) is 0.515. The SMILES string of the molecule is COc1ccc2c(=O)c3c(oc2c1)C(=O)N(CCCN(C)C)[C@@H]3c1ccc(OC(C)C)cc1. The zero-order valence-corrected chi connectivity index (χ0v) is 19.8. The van der Waals surface area contributed by atoms with E-state index < -0.39 is 6.04 Å². The zero-order valence-electron chi connectivity index (χ0n) is 19.8. The standard InChI is InChI=1S/C26H30N2O5/c1-16(2)32-18-9-7-17(8-10-18)23-22-24(29)20-12-11-19(31-5)15-21(20)33-25(22)26(30)28(23)14-6-13-27(3)4/h7-12,15-16,23H,6,13-14H2,1-5H3/t23-/m1/s1. The first kappa shape index (κ1) is 22.9. The lowest BCUT2D eigenvalue weighted by molar-refractivity contribution is 0.0722. The van der Waals surface area contributed by atoms with Crippen molar-refractivity contribution in [3.8, 4) is 11.5 Å². The fourth-order valence-corrected chi connectivity index (χ4v) is 4.26. The number of methoxy groups -OCH3 is 1. The van der Waals surface area contributed by atoms with Gasteiger partial charge in [-0.05, 0) is 70.7 Å². The molecule has 0 aliphatic carbocycles. The first-order valence-electron chi connectivity index (χ1n) is 11.2. The first-order chi connectivity index (χ1) is 15.8. The lowest BCUT2D eigenvalue weighted by atomic mass is 9.98. The second-order valence-corrected chi connectivity index (χ2v) is 8.83. The predicted octanol–water partition coefficient (Wildman–Crippen LogP) is 4.09. The smallest absolute Gasteiger partial charge is 0.290 e. The van der Waals surface area contributed by atoms with Crippen LogP contribution in [0.1, 0.15) is 48.0 Å². The number of benzene rings is 2. The molecule has 3 aromatic rings. The minimum absolute atomic E-state index is 0.0579. The van der Waals surface area contributed by atoms with Crippen LogP contribution in [0.5, 0.6) is 11.5 Å². The van der Waals surface area contributed by atoms with Crippen LogP contribution in [-0.4, -0.2) is 56.1 Å². The zero-order chi connectivity index (χ0) is 23.7. The van der Waals surface area contributed by atoms with E-state index in [1.807, 2.05) is 52.2 Å². The Balaban J connectivity index is 1.82. The number of rotatable bonds is 8. The molecule has 4 rings (SSSR count). The van der Waals surface area contributed by atoms with Crippen molar-refractivity contribution in [3.63, 3.8) is 0 Å². The average molecular weight is 451 g/mol. The van der Waals surface area contributed by atoms with E-state index in [-0.39, 0.29) is 23.2 Å². The molecule has 33 heavy (non-hydrogen) atoms. The minimum Gasteiger partial charge on any atom is -0.497 e. The Labute approximate surface area is 193 Å². The summed E-state index contributed by atoms with van der Waals surface area (Å²) in [5, 5.41) is 0.433. The monoisotopic (exact) mass is 450 g/mol. The largest absolute Gasteiger partial charge is 0.497 e.